The average Bonchev–Trinajstić information content (AvgIpc) is 3.37. The van der Waals surface area contributed by atoms with Crippen molar-refractivity contribution < 1.29 is 13.9 Å². The minimum Gasteiger partial charge on any atom is -0.457 e. The van der Waals surface area contributed by atoms with E-state index in [4.69, 9.17) is 16.2 Å². The number of nitrogens with two attached hydrogens (primary N) is 2. The highest BCUT2D eigenvalue weighted by Gasteiger charge is 2.30. The van der Waals surface area contributed by atoms with Gasteiger partial charge in [0.05, 0.1) is 0 Å². The lowest BCUT2D eigenvalue weighted by molar-refractivity contribution is 0.0995. The molecule has 0 saturated carbocycles. The summed E-state index contributed by atoms with van der Waals surface area (Å²) in [6.07, 6.45) is 0. The van der Waals surface area contributed by atoms with Crippen LogP contribution in [0.5, 0.6) is 11.5 Å². The summed E-state index contributed by atoms with van der Waals surface area (Å²) in [5.41, 5.74) is 12.9. The molecule has 1 saturated heterocycles. The molecule has 1 aromatic heterocycles. The molecule has 2 aromatic carbocycles. The van der Waals surface area contributed by atoms with Gasteiger partial charge in [-0.2, -0.15) is 0 Å². The molecule has 1 amide bonds. The Morgan fingerprint density at radius 3 is 2.52 bits per heavy atom. The van der Waals surface area contributed by atoms with E-state index in [-0.39, 0.29) is 17.3 Å². The molecule has 1 aliphatic heterocycles. The molecular weight excluding hydrogens is 373 g/mol. The van der Waals surface area contributed by atoms with Gasteiger partial charge in [-0.1, -0.05) is 0 Å². The first kappa shape index (κ1) is 18.8. The van der Waals surface area contributed by atoms with Crippen molar-refractivity contribution in [2.45, 2.75) is 19.5 Å². The van der Waals surface area contributed by atoms with Crippen molar-refractivity contribution in [2.75, 3.05) is 12.3 Å². The summed E-state index contributed by atoms with van der Waals surface area (Å²) in [4.78, 5) is 22.4. The number of carbonyl (C=O) groups excluding carboxylic acids is 1. The lowest BCUT2D eigenvalue weighted by atomic mass is 10.1. The Morgan fingerprint density at radius 1 is 1.17 bits per heavy atom. The van der Waals surface area contributed by atoms with Gasteiger partial charge in [0.15, 0.2) is 5.82 Å². The molecule has 2 atom stereocenters. The standard InChI is InChI=1S/C21H20FN5O2/c1-12-10-27(12)11-13-8-16(29-15-4-2-14(22)3-5-15)6-7-17(13)21-25-18(20(24)28)9-19(23)26-21/h2-9,12H,10-11H2,1H3,(H2,24,28)(H2,23,25,26). The monoisotopic (exact) mass is 393 g/mol. The summed E-state index contributed by atoms with van der Waals surface area (Å²) in [6, 6.07) is 13.1. The molecule has 29 heavy (non-hydrogen) atoms. The van der Waals surface area contributed by atoms with E-state index in [1.54, 1.807) is 18.2 Å². The molecule has 8 heteroatoms. The van der Waals surface area contributed by atoms with Crippen molar-refractivity contribution >= 4 is 11.7 Å². The van der Waals surface area contributed by atoms with Gasteiger partial charge in [-0.3, -0.25) is 9.69 Å². The van der Waals surface area contributed by atoms with Crippen LogP contribution >= 0.6 is 0 Å². The van der Waals surface area contributed by atoms with Gasteiger partial charge in [0, 0.05) is 30.8 Å². The molecule has 2 unspecified atom stereocenters. The summed E-state index contributed by atoms with van der Waals surface area (Å²) in [7, 11) is 0. The number of hydrogen-bond acceptors (Lipinski definition) is 6. The van der Waals surface area contributed by atoms with Crippen LogP contribution in [0.25, 0.3) is 11.4 Å². The number of aromatic nitrogens is 2. The molecule has 7 nitrogen and oxygen atoms in total. The van der Waals surface area contributed by atoms with E-state index in [0.717, 1.165) is 17.7 Å². The van der Waals surface area contributed by atoms with Gasteiger partial charge < -0.3 is 16.2 Å². The molecule has 3 aromatic rings. The molecule has 0 aliphatic carbocycles. The number of hydrogen-bond donors (Lipinski definition) is 2. The van der Waals surface area contributed by atoms with Crippen molar-refractivity contribution in [3.8, 4) is 22.9 Å². The Labute approximate surface area is 167 Å². The van der Waals surface area contributed by atoms with Crippen LogP contribution in [0.4, 0.5) is 10.2 Å². The van der Waals surface area contributed by atoms with Crippen molar-refractivity contribution in [3.05, 3.63) is 65.6 Å². The zero-order valence-electron chi connectivity index (χ0n) is 15.8. The van der Waals surface area contributed by atoms with Crippen LogP contribution in [0.15, 0.2) is 48.5 Å². The van der Waals surface area contributed by atoms with E-state index in [1.165, 1.54) is 18.2 Å². The molecule has 148 valence electrons. The number of halogens is 1. The third-order valence-electron chi connectivity index (χ3n) is 4.73. The Bertz CT molecular complexity index is 1070. The molecular formula is C21H20FN5O2. The fourth-order valence-electron chi connectivity index (χ4n) is 3.07. The van der Waals surface area contributed by atoms with Crippen molar-refractivity contribution in [1.82, 2.24) is 14.9 Å². The van der Waals surface area contributed by atoms with Crippen LogP contribution in [-0.4, -0.2) is 33.4 Å². The lowest BCUT2D eigenvalue weighted by Gasteiger charge is -2.13. The number of benzene rings is 2. The van der Waals surface area contributed by atoms with Gasteiger partial charge in [0.1, 0.15) is 28.8 Å². The van der Waals surface area contributed by atoms with Gasteiger partial charge in [0.2, 0.25) is 0 Å². The SMILES string of the molecule is CC1CN1Cc1cc(Oc2ccc(F)cc2)ccc1-c1nc(N)cc(C(N)=O)n1. The summed E-state index contributed by atoms with van der Waals surface area (Å²) in [6.45, 7) is 3.80. The average molecular weight is 393 g/mol. The summed E-state index contributed by atoms with van der Waals surface area (Å²) < 4.78 is 19.0. The molecule has 1 fully saturated rings. The van der Waals surface area contributed by atoms with E-state index in [9.17, 15) is 9.18 Å². The highest BCUT2D eigenvalue weighted by Crippen LogP contribution is 2.32. The normalized spacial score (nSPS) is 17.7. The number of rotatable bonds is 6. The van der Waals surface area contributed by atoms with Crippen LogP contribution in [-0.2, 0) is 6.54 Å². The Balaban J connectivity index is 1.71. The Kier molecular flexibility index (Phi) is 4.85. The van der Waals surface area contributed by atoms with Gasteiger partial charge in [-0.25, -0.2) is 14.4 Å². The molecule has 1 aliphatic rings. The largest absolute Gasteiger partial charge is 0.457 e. The van der Waals surface area contributed by atoms with E-state index in [2.05, 4.69) is 21.8 Å². The van der Waals surface area contributed by atoms with Gasteiger partial charge in [-0.15, -0.1) is 0 Å². The Hall–Kier alpha value is -3.52. The zero-order valence-corrected chi connectivity index (χ0v) is 15.8. The quantitative estimate of drug-likeness (QED) is 0.624. The second kappa shape index (κ2) is 7.48. The maximum Gasteiger partial charge on any atom is 0.267 e. The maximum absolute atomic E-state index is 13.1. The van der Waals surface area contributed by atoms with E-state index in [0.29, 0.717) is 29.9 Å². The number of anilines is 1. The van der Waals surface area contributed by atoms with Gasteiger partial charge >= 0.3 is 0 Å². The van der Waals surface area contributed by atoms with E-state index >= 15 is 0 Å². The topological polar surface area (TPSA) is 107 Å². The van der Waals surface area contributed by atoms with Crippen molar-refractivity contribution in [2.24, 2.45) is 5.73 Å². The first-order valence-corrected chi connectivity index (χ1v) is 9.14. The van der Waals surface area contributed by atoms with Crippen LogP contribution in [0.2, 0.25) is 0 Å². The van der Waals surface area contributed by atoms with Crippen LogP contribution in [0.1, 0.15) is 23.0 Å². The first-order valence-electron chi connectivity index (χ1n) is 9.14. The molecule has 4 rings (SSSR count). The van der Waals surface area contributed by atoms with Crippen LogP contribution in [0, 0.1) is 5.82 Å². The predicted molar refractivity (Wildman–Crippen MR) is 107 cm³/mol. The third kappa shape index (κ3) is 4.33. The predicted octanol–water partition coefficient (Wildman–Crippen LogP) is 2.96. The number of primary amides is 1. The van der Waals surface area contributed by atoms with Gasteiger partial charge in [-0.05, 0) is 55.0 Å². The van der Waals surface area contributed by atoms with Crippen LogP contribution in [0.3, 0.4) is 0 Å². The molecule has 4 N–H and O–H groups in total. The minimum atomic E-state index is -0.669. The van der Waals surface area contributed by atoms with Gasteiger partial charge in [0.25, 0.3) is 5.91 Å². The third-order valence-corrected chi connectivity index (χ3v) is 4.73. The van der Waals surface area contributed by atoms with Crippen molar-refractivity contribution in [1.29, 1.82) is 0 Å². The minimum absolute atomic E-state index is 0.0604. The highest BCUT2D eigenvalue weighted by atomic mass is 19.1. The molecule has 0 bridgehead atoms. The smallest absolute Gasteiger partial charge is 0.267 e. The summed E-state index contributed by atoms with van der Waals surface area (Å²) >= 11 is 0. The lowest BCUT2D eigenvalue weighted by Crippen LogP contribution is -2.15. The zero-order chi connectivity index (χ0) is 20.5. The first-order chi connectivity index (χ1) is 13.9. The number of nitrogens with zero attached hydrogens (tertiary/aromatic N) is 3. The molecule has 0 radical (unpaired) electrons. The number of nitrogen functional groups attached to an aromatic ring is 1. The highest BCUT2D eigenvalue weighted by molar-refractivity contribution is 5.92. The summed E-state index contributed by atoms with van der Waals surface area (Å²) in [5, 5.41) is 0. The fraction of sp³-hybridized carbons (Fsp3) is 0.190. The fourth-order valence-corrected chi connectivity index (χ4v) is 3.07. The second-order valence-electron chi connectivity index (χ2n) is 7.02. The number of ether oxygens (including phenoxy) is 1. The molecule has 2 heterocycles. The number of carbonyl (C=O) groups is 1. The summed E-state index contributed by atoms with van der Waals surface area (Å²) in [5.74, 6) is 0.633. The Morgan fingerprint density at radius 2 is 1.86 bits per heavy atom. The maximum atomic E-state index is 13.1. The van der Waals surface area contributed by atoms with Crippen molar-refractivity contribution in [3.63, 3.8) is 0 Å². The van der Waals surface area contributed by atoms with E-state index in [1.807, 2.05) is 12.1 Å². The van der Waals surface area contributed by atoms with E-state index < -0.39 is 5.91 Å². The second-order valence-corrected chi connectivity index (χ2v) is 7.02. The number of amides is 1. The molecule has 0 spiro atoms. The van der Waals surface area contributed by atoms with Crippen LogP contribution < -0.4 is 16.2 Å².